The lowest BCUT2D eigenvalue weighted by Crippen LogP contribution is -2.37. The van der Waals surface area contributed by atoms with Gasteiger partial charge in [-0.3, -0.25) is 8.98 Å². The Kier molecular flexibility index (Phi) is 8.04. The lowest BCUT2D eigenvalue weighted by atomic mass is 9.83. The van der Waals surface area contributed by atoms with Crippen LogP contribution in [0.5, 0.6) is 0 Å². The maximum Gasteiger partial charge on any atom is 0.333 e. The first-order valence-corrected chi connectivity index (χ1v) is 15.0. The van der Waals surface area contributed by atoms with Gasteiger partial charge in [0.15, 0.2) is 0 Å². The van der Waals surface area contributed by atoms with Crippen molar-refractivity contribution in [1.82, 2.24) is 15.3 Å². The number of hydrogen-bond donors (Lipinski definition) is 5. The second-order valence-corrected chi connectivity index (χ2v) is 12.3. The molecule has 3 aromatic rings. The molecule has 5 atom stereocenters. The molecule has 1 saturated carbocycles. The summed E-state index contributed by atoms with van der Waals surface area (Å²) in [4.78, 5) is 22.3. The van der Waals surface area contributed by atoms with E-state index in [0.29, 0.717) is 9.90 Å². The zero-order valence-electron chi connectivity index (χ0n) is 20.7. The molecule has 14 heteroatoms. The number of hydrogen-bond acceptors (Lipinski definition) is 11. The number of nitrogens with two attached hydrogens (primary N) is 1. The maximum absolute atomic E-state index is 13.6. The summed E-state index contributed by atoms with van der Waals surface area (Å²) < 4.78 is 26.9. The van der Waals surface area contributed by atoms with Crippen LogP contribution in [0.4, 0.5) is 5.82 Å². The number of carbonyl (C=O) groups is 1. The van der Waals surface area contributed by atoms with Crippen molar-refractivity contribution in [3.8, 4) is 0 Å². The molecule has 6 N–H and O–H groups in total. The molecule has 0 amide bonds. The largest absolute Gasteiger partial charge is 0.390 e. The third-order valence-electron chi connectivity index (χ3n) is 7.32. The molecule has 208 valence electrons. The molecule has 1 aliphatic heterocycles. The lowest BCUT2D eigenvalue weighted by molar-refractivity contribution is 0.00778. The fraction of sp³-hybridized carbons (Fsp3) is 0.400. The van der Waals surface area contributed by atoms with E-state index in [2.05, 4.69) is 24.8 Å². The van der Waals surface area contributed by atoms with Gasteiger partial charge >= 0.3 is 10.3 Å². The van der Waals surface area contributed by atoms with Gasteiger partial charge in [0.2, 0.25) is 5.78 Å². The second kappa shape index (κ2) is 11.2. The fourth-order valence-electron chi connectivity index (χ4n) is 5.37. The molecule has 1 aromatic carbocycles. The molecule has 11 nitrogen and oxygen atoms in total. The molecule has 5 rings (SSSR count). The van der Waals surface area contributed by atoms with Gasteiger partial charge < -0.3 is 20.8 Å². The average molecular weight is 594 g/mol. The first-order valence-electron chi connectivity index (χ1n) is 12.3. The molecule has 3 heterocycles. The molecule has 2 aromatic heterocycles. The number of rotatable bonds is 9. The van der Waals surface area contributed by atoms with Crippen molar-refractivity contribution in [2.75, 3.05) is 18.5 Å². The Bertz CT molecular complexity index is 1460. The third kappa shape index (κ3) is 5.86. The predicted molar refractivity (Wildman–Crippen MR) is 146 cm³/mol. The van der Waals surface area contributed by atoms with Crippen LogP contribution in [0.25, 0.3) is 0 Å². The fourth-order valence-corrected chi connectivity index (χ4v) is 6.86. The van der Waals surface area contributed by atoms with Crippen LogP contribution < -0.4 is 15.8 Å². The third-order valence-corrected chi connectivity index (χ3v) is 8.94. The highest BCUT2D eigenvalue weighted by Crippen LogP contribution is 2.41. The van der Waals surface area contributed by atoms with Crippen molar-refractivity contribution < 1.29 is 27.6 Å². The van der Waals surface area contributed by atoms with Crippen LogP contribution in [0, 0.1) is 5.92 Å². The van der Waals surface area contributed by atoms with E-state index < -0.39 is 40.0 Å². The first kappa shape index (κ1) is 28.1. The van der Waals surface area contributed by atoms with E-state index in [9.17, 15) is 23.4 Å². The number of carbonyl (C=O) groups excluding carboxylic acids is 1. The van der Waals surface area contributed by atoms with E-state index in [-0.39, 0.29) is 30.2 Å². The Balaban J connectivity index is 1.37. The van der Waals surface area contributed by atoms with Gasteiger partial charge in [0, 0.05) is 17.1 Å². The van der Waals surface area contributed by atoms with Crippen LogP contribution in [-0.4, -0.2) is 65.8 Å². The minimum atomic E-state index is -4.19. The van der Waals surface area contributed by atoms with Crippen LogP contribution >= 0.6 is 22.9 Å². The summed E-state index contributed by atoms with van der Waals surface area (Å²) in [5.41, 5.74) is 1.75. The zero-order chi connectivity index (χ0) is 27.8. The topological polar surface area (TPSA) is 177 Å². The number of nitrogens with zero attached hydrogens (tertiary/aromatic N) is 2. The number of thiophene rings is 1. The van der Waals surface area contributed by atoms with Gasteiger partial charge in [-0.05, 0) is 60.5 Å². The molecule has 0 unspecified atom stereocenters. The summed E-state index contributed by atoms with van der Waals surface area (Å²) in [5.74, 6) is -0.799. The molecule has 0 radical (unpaired) electrons. The van der Waals surface area contributed by atoms with E-state index in [1.54, 1.807) is 0 Å². The van der Waals surface area contributed by atoms with Crippen molar-refractivity contribution in [1.29, 1.82) is 0 Å². The first-order chi connectivity index (χ1) is 18.6. The summed E-state index contributed by atoms with van der Waals surface area (Å²) in [6.07, 6.45) is 2.16. The van der Waals surface area contributed by atoms with E-state index in [0.717, 1.165) is 30.5 Å². The number of aliphatic hydroxyl groups excluding tert-OH is 2. The van der Waals surface area contributed by atoms with Gasteiger partial charge in [0.05, 0.1) is 34.7 Å². The Morgan fingerprint density at radius 2 is 2.10 bits per heavy atom. The summed E-state index contributed by atoms with van der Waals surface area (Å²) in [5, 5.41) is 35.1. The van der Waals surface area contributed by atoms with E-state index in [1.807, 2.05) is 35.7 Å². The van der Waals surface area contributed by atoms with Crippen LogP contribution in [0.15, 0.2) is 48.2 Å². The highest BCUT2D eigenvalue weighted by molar-refractivity contribution is 7.84. The van der Waals surface area contributed by atoms with Crippen molar-refractivity contribution in [2.24, 2.45) is 11.1 Å². The number of aromatic nitrogens is 2. The van der Waals surface area contributed by atoms with Crippen LogP contribution in [-0.2, 0) is 20.0 Å². The lowest BCUT2D eigenvalue weighted by Gasteiger charge is -2.30. The summed E-state index contributed by atoms with van der Waals surface area (Å²) in [6.45, 7) is 0.455. The molecule has 0 bridgehead atoms. The second-order valence-electron chi connectivity index (χ2n) is 9.76. The average Bonchev–Trinajstić information content (AvgIpc) is 3.65. The van der Waals surface area contributed by atoms with E-state index in [4.69, 9.17) is 16.7 Å². The molecular formula is C25H28ClN5O6S2. The molecule has 1 aliphatic carbocycles. The highest BCUT2D eigenvalue weighted by atomic mass is 35.5. The van der Waals surface area contributed by atoms with Crippen LogP contribution in [0.2, 0.25) is 5.02 Å². The predicted octanol–water partition coefficient (Wildman–Crippen LogP) is 1.79. The smallest absolute Gasteiger partial charge is 0.333 e. The standard InChI is InChI=1S/C25H28ClN5O6S2/c26-17-4-1-3-15(8-17)25(5-2-6-30-25)16-9-20(38-12-16)22(33)18-10-28-13-29-24(18)31-19-7-14(21(32)23(19)34)11-37-39(27,35)36/h1,3-4,8-10,12-14,19,21,23,30,32,34H,2,5-7,11H2,(H2,27,35,36)(H,28,29,31)/t14-,19-,21-,23+,25-/m1/s1. The Labute approximate surface area is 234 Å². The Morgan fingerprint density at radius 1 is 1.28 bits per heavy atom. The van der Waals surface area contributed by atoms with Gasteiger partial charge in [-0.1, -0.05) is 23.7 Å². The molecule has 0 spiro atoms. The quantitative estimate of drug-likeness (QED) is 0.230. The van der Waals surface area contributed by atoms with Crippen molar-refractivity contribution in [3.63, 3.8) is 0 Å². The van der Waals surface area contributed by atoms with E-state index >= 15 is 0 Å². The number of benzene rings is 1. The van der Waals surface area contributed by atoms with E-state index in [1.165, 1.54) is 23.9 Å². The van der Waals surface area contributed by atoms with Crippen LogP contribution in [0.3, 0.4) is 0 Å². The Hall–Kier alpha value is -2.49. The Morgan fingerprint density at radius 3 is 2.82 bits per heavy atom. The normalized spacial score (nSPS) is 27.1. The van der Waals surface area contributed by atoms with Gasteiger partial charge in [-0.2, -0.15) is 8.42 Å². The summed E-state index contributed by atoms with van der Waals surface area (Å²) in [6, 6.07) is 8.86. The molecule has 1 saturated heterocycles. The minimum absolute atomic E-state index is 0.159. The van der Waals surface area contributed by atoms with Gasteiger partial charge in [0.1, 0.15) is 18.2 Å². The van der Waals surface area contributed by atoms with Gasteiger partial charge in [-0.25, -0.2) is 15.1 Å². The minimum Gasteiger partial charge on any atom is -0.390 e. The number of halogens is 1. The van der Waals surface area contributed by atoms with Gasteiger partial charge in [-0.15, -0.1) is 11.3 Å². The monoisotopic (exact) mass is 593 g/mol. The summed E-state index contributed by atoms with van der Waals surface area (Å²) >= 11 is 7.61. The highest BCUT2D eigenvalue weighted by Gasteiger charge is 2.43. The molecule has 2 aliphatic rings. The van der Waals surface area contributed by atoms with Gasteiger partial charge in [0.25, 0.3) is 0 Å². The molecule has 39 heavy (non-hydrogen) atoms. The number of anilines is 1. The van der Waals surface area contributed by atoms with Crippen molar-refractivity contribution in [3.05, 3.63) is 74.8 Å². The number of aliphatic hydroxyl groups is 2. The summed E-state index contributed by atoms with van der Waals surface area (Å²) in [7, 11) is -4.19. The maximum atomic E-state index is 13.6. The van der Waals surface area contributed by atoms with Crippen molar-refractivity contribution in [2.45, 2.75) is 43.1 Å². The van der Waals surface area contributed by atoms with Crippen LogP contribution in [0.1, 0.15) is 45.6 Å². The number of ketones is 1. The van der Waals surface area contributed by atoms with Crippen molar-refractivity contribution >= 4 is 44.8 Å². The molecule has 2 fully saturated rings. The number of nitrogens with one attached hydrogen (secondary N) is 2. The zero-order valence-corrected chi connectivity index (χ0v) is 23.0. The molecular weight excluding hydrogens is 566 g/mol. The SMILES string of the molecule is NS(=O)(=O)OC[C@H]1C[C@@H](Nc2ncncc2C(=O)c2cc([C@]3(c4cccc(Cl)c4)CCCN3)cs2)[C@H](O)[C@@H]1O.